The lowest BCUT2D eigenvalue weighted by atomic mass is 9.77. The lowest BCUT2D eigenvalue weighted by Crippen LogP contribution is -2.29. The fourth-order valence-electron chi connectivity index (χ4n) is 5.38. The number of allylic oxidation sites excluding steroid dienone is 1. The summed E-state index contributed by atoms with van der Waals surface area (Å²) in [5.74, 6) is 1.63. The zero-order valence-corrected chi connectivity index (χ0v) is 24.4. The number of hydrogen-bond donors (Lipinski definition) is 2. The molecule has 0 aromatic heterocycles. The van der Waals surface area contributed by atoms with Crippen molar-refractivity contribution in [3.63, 3.8) is 0 Å². The highest BCUT2D eigenvalue weighted by Gasteiger charge is 2.37. The Balaban J connectivity index is 0.00000481. The third-order valence-corrected chi connectivity index (χ3v) is 7.37. The molecule has 2 aromatic carbocycles. The van der Waals surface area contributed by atoms with E-state index in [0.717, 1.165) is 48.1 Å². The summed E-state index contributed by atoms with van der Waals surface area (Å²) in [5, 5.41) is 30.0. The second kappa shape index (κ2) is 12.2. The highest BCUT2D eigenvalue weighted by atomic mass is 35.5. The molecule has 3 rings (SSSR count). The number of likely N-dealkylation sites (tertiary alicyclic amines) is 1. The van der Waals surface area contributed by atoms with E-state index in [9.17, 15) is 10.4 Å². The molecule has 2 atom stereocenters. The van der Waals surface area contributed by atoms with Crippen LogP contribution in [0.3, 0.4) is 0 Å². The number of rotatable bonds is 7. The number of hydrogen-bond acceptors (Lipinski definition) is 3. The second-order valence-corrected chi connectivity index (χ2v) is 12.3. The minimum absolute atomic E-state index is 0. The molecule has 0 amide bonds. The molecule has 5 heteroatoms. The van der Waals surface area contributed by atoms with Crippen molar-refractivity contribution >= 4 is 23.8 Å². The first-order valence-electron chi connectivity index (χ1n) is 13.2. The molecule has 0 bridgehead atoms. The highest BCUT2D eigenvalue weighted by Crippen LogP contribution is 2.41. The van der Waals surface area contributed by atoms with Crippen LogP contribution >= 0.6 is 12.4 Å². The third kappa shape index (κ3) is 7.17. The van der Waals surface area contributed by atoms with Crippen LogP contribution in [0.15, 0.2) is 48.5 Å². The average molecular weight is 522 g/mol. The van der Waals surface area contributed by atoms with Crippen LogP contribution < -0.4 is 0 Å². The smallest absolute Gasteiger partial charge is 0.123 e. The monoisotopic (exact) mass is 521 g/mol. The number of benzene rings is 2. The summed E-state index contributed by atoms with van der Waals surface area (Å²) in [4.78, 5) is 2.16. The molecule has 1 saturated heterocycles. The van der Waals surface area contributed by atoms with Gasteiger partial charge in [-0.1, -0.05) is 85.2 Å². The molecule has 0 saturated carbocycles. The molecule has 0 spiro atoms. The van der Waals surface area contributed by atoms with Crippen LogP contribution in [-0.2, 0) is 17.3 Å². The lowest BCUT2D eigenvalue weighted by molar-refractivity contribution is 0.373. The number of aromatic hydroxyl groups is 1. The number of nitriles is 1. The van der Waals surface area contributed by atoms with E-state index in [0.29, 0.717) is 24.0 Å². The van der Waals surface area contributed by atoms with Crippen LogP contribution in [0.1, 0.15) is 83.6 Å². The Labute approximate surface area is 230 Å². The van der Waals surface area contributed by atoms with Crippen LogP contribution in [-0.4, -0.2) is 28.9 Å². The molecule has 2 N–H and O–H groups in total. The van der Waals surface area contributed by atoms with Crippen molar-refractivity contribution in [1.82, 2.24) is 4.90 Å². The van der Waals surface area contributed by atoms with Gasteiger partial charge in [0, 0.05) is 36.2 Å². The molecule has 1 aliphatic rings. The molecular formula is C32H44ClN3O. The molecule has 0 radical (unpaired) electrons. The Bertz CT molecular complexity index is 1110. The van der Waals surface area contributed by atoms with Gasteiger partial charge in [-0.05, 0) is 58.4 Å². The van der Waals surface area contributed by atoms with Gasteiger partial charge in [-0.3, -0.25) is 5.41 Å². The van der Waals surface area contributed by atoms with Crippen LogP contribution in [0.2, 0.25) is 0 Å². The Morgan fingerprint density at radius 3 is 2.14 bits per heavy atom. The van der Waals surface area contributed by atoms with Gasteiger partial charge >= 0.3 is 0 Å². The van der Waals surface area contributed by atoms with Gasteiger partial charge in [-0.25, -0.2) is 0 Å². The van der Waals surface area contributed by atoms with Gasteiger partial charge in [0.1, 0.15) is 5.75 Å². The molecule has 2 aromatic rings. The van der Waals surface area contributed by atoms with E-state index in [-0.39, 0.29) is 29.2 Å². The summed E-state index contributed by atoms with van der Waals surface area (Å²) in [6.45, 7) is 16.2. The van der Waals surface area contributed by atoms with Crippen molar-refractivity contribution in [1.29, 1.82) is 10.7 Å². The summed E-state index contributed by atoms with van der Waals surface area (Å²) >= 11 is 0. The van der Waals surface area contributed by atoms with Crippen LogP contribution in [0.4, 0.5) is 0 Å². The number of amidine groups is 1. The molecule has 0 unspecified atom stereocenters. The van der Waals surface area contributed by atoms with Crippen molar-refractivity contribution in [3.8, 4) is 11.8 Å². The molecule has 1 fully saturated rings. The number of halogens is 1. The van der Waals surface area contributed by atoms with Crippen LogP contribution in [0.25, 0.3) is 5.57 Å². The van der Waals surface area contributed by atoms with Gasteiger partial charge in [0.15, 0.2) is 0 Å². The lowest BCUT2D eigenvalue weighted by Gasteiger charge is -2.29. The number of nitrogens with zero attached hydrogens (tertiary/aromatic N) is 2. The van der Waals surface area contributed by atoms with Gasteiger partial charge in [0.2, 0.25) is 0 Å². The fourth-order valence-corrected chi connectivity index (χ4v) is 5.38. The zero-order chi connectivity index (χ0) is 26.7. The predicted molar refractivity (Wildman–Crippen MR) is 158 cm³/mol. The predicted octanol–water partition coefficient (Wildman–Crippen LogP) is 7.88. The van der Waals surface area contributed by atoms with Crippen molar-refractivity contribution in [3.05, 3.63) is 70.8 Å². The number of nitrogens with one attached hydrogen (secondary N) is 1. The van der Waals surface area contributed by atoms with Gasteiger partial charge in [0.05, 0.1) is 11.9 Å². The van der Waals surface area contributed by atoms with Crippen molar-refractivity contribution in [2.24, 2.45) is 11.8 Å². The summed E-state index contributed by atoms with van der Waals surface area (Å²) in [7, 11) is 0. The second-order valence-electron chi connectivity index (χ2n) is 12.3. The van der Waals surface area contributed by atoms with Gasteiger partial charge in [-0.2, -0.15) is 5.26 Å². The fraction of sp³-hybridized carbons (Fsp3) is 0.500. The minimum Gasteiger partial charge on any atom is -0.507 e. The maximum atomic E-state index is 11.2. The Hall–Kier alpha value is -2.77. The summed E-state index contributed by atoms with van der Waals surface area (Å²) in [5.41, 5.74) is 4.40. The molecule has 37 heavy (non-hydrogen) atoms. The molecule has 0 aliphatic carbocycles. The molecule has 200 valence electrons. The quantitative estimate of drug-likeness (QED) is 0.364. The van der Waals surface area contributed by atoms with Gasteiger partial charge in [-0.15, -0.1) is 12.4 Å². The summed E-state index contributed by atoms with van der Waals surface area (Å²) in [6.07, 6.45) is 4.69. The Morgan fingerprint density at radius 2 is 1.65 bits per heavy atom. The van der Waals surface area contributed by atoms with Gasteiger partial charge < -0.3 is 10.0 Å². The summed E-state index contributed by atoms with van der Waals surface area (Å²) < 4.78 is 0. The Morgan fingerprint density at radius 1 is 1.08 bits per heavy atom. The molecular weight excluding hydrogens is 478 g/mol. The van der Waals surface area contributed by atoms with E-state index < -0.39 is 0 Å². The first-order chi connectivity index (χ1) is 16.9. The molecule has 4 nitrogen and oxygen atoms in total. The van der Waals surface area contributed by atoms with Crippen molar-refractivity contribution < 1.29 is 5.11 Å². The van der Waals surface area contributed by atoms with E-state index in [1.54, 1.807) is 6.08 Å². The van der Waals surface area contributed by atoms with Crippen molar-refractivity contribution in [2.75, 3.05) is 13.1 Å². The van der Waals surface area contributed by atoms with E-state index in [4.69, 9.17) is 5.41 Å². The van der Waals surface area contributed by atoms with Crippen LogP contribution in [0.5, 0.6) is 5.75 Å². The Kier molecular flexibility index (Phi) is 10.0. The first-order valence-corrected chi connectivity index (χ1v) is 13.2. The minimum atomic E-state index is -0.245. The van der Waals surface area contributed by atoms with E-state index in [1.165, 1.54) is 5.56 Å². The topological polar surface area (TPSA) is 71.1 Å². The SMILES string of the molecule is CCC[C@H]1CN(C/C(=C/C#N)c2cc(C(C)(C)C)c(O)c(C(C)(C)C)c2)C(=N)[C@@H]1Cc1ccccc1.Cl. The van der Waals surface area contributed by atoms with E-state index in [2.05, 4.69) is 83.7 Å². The third-order valence-electron chi connectivity index (χ3n) is 7.37. The maximum absolute atomic E-state index is 11.2. The van der Waals surface area contributed by atoms with E-state index >= 15 is 0 Å². The highest BCUT2D eigenvalue weighted by molar-refractivity contribution is 5.87. The molecule has 1 heterocycles. The standard InChI is InChI=1S/C32H43N3O.ClH/c1-8-12-24-21-35(30(34)26(24)17-22-13-10-9-11-14-22)20-23(15-16-33)25-18-27(31(2,3)4)29(36)28(19-25)32(5,6)7;/h9-11,13-15,18-19,24,26,34,36H,8,12,17,20-21H2,1-7H3;1H/b23-15-,34-30?;/t24-,26+;/m0./s1. The van der Waals surface area contributed by atoms with Crippen LogP contribution in [0, 0.1) is 28.6 Å². The largest absolute Gasteiger partial charge is 0.507 e. The molecule has 1 aliphatic heterocycles. The van der Waals surface area contributed by atoms with Crippen molar-refractivity contribution in [2.45, 2.75) is 78.6 Å². The number of phenolic OH excluding ortho intramolecular Hbond substituents is 1. The maximum Gasteiger partial charge on any atom is 0.123 e. The average Bonchev–Trinajstić information content (AvgIpc) is 3.07. The summed E-state index contributed by atoms with van der Waals surface area (Å²) in [6, 6.07) is 16.8. The zero-order valence-electron chi connectivity index (χ0n) is 23.6. The number of phenols is 1. The first kappa shape index (κ1) is 30.5. The van der Waals surface area contributed by atoms with E-state index in [1.807, 2.05) is 18.2 Å². The normalized spacial score (nSPS) is 18.5. The van der Waals surface area contributed by atoms with Gasteiger partial charge in [0.25, 0.3) is 0 Å².